The molecular weight excluding hydrogens is 1120 g/mol. The minimum absolute atomic E-state index is 0.0253. The maximum Gasteiger partial charge on any atom is 0.315 e. The van der Waals surface area contributed by atoms with E-state index in [4.69, 9.17) is 19.9 Å². The van der Waals surface area contributed by atoms with Gasteiger partial charge in [0.25, 0.3) is 0 Å². The Bertz CT molecular complexity index is 2500. The van der Waals surface area contributed by atoms with Crippen LogP contribution in [0.15, 0.2) is 18.7 Å². The van der Waals surface area contributed by atoms with Crippen LogP contribution in [-0.4, -0.2) is 208 Å². The van der Waals surface area contributed by atoms with Gasteiger partial charge < -0.3 is 77.7 Å². The second kappa shape index (κ2) is 36.2. The van der Waals surface area contributed by atoms with E-state index in [1.54, 1.807) is 17.1 Å². The number of carbonyl (C=O) groups excluding carboxylic acids is 10. The molecule has 0 spiro atoms. The van der Waals surface area contributed by atoms with Gasteiger partial charge in [-0.2, -0.15) is 11.8 Å². The highest BCUT2D eigenvalue weighted by Crippen LogP contribution is 2.33. The van der Waals surface area contributed by atoms with E-state index in [1.165, 1.54) is 11.2 Å². The lowest BCUT2D eigenvalue weighted by Crippen LogP contribution is -2.58. The standard InChI is InChI=1S/C55H88N16O13S/c1-35(2)28-40-53(79)65-41(29-37-30-57-34-61-37)51(77)60-31-48(75)71-21-7-11-43(71)54(80)63-38(10-5-6-20-70-32-36(68-69-70)14-17-47(74)62-39(52(78)64-40)15-16-45(56)72)50(76)59-19-9-23-83-25-27-84-26-24-82-22-8-18-58-46(73)13-4-3-12-44-49-42(33-85-44)66-55(81)67-49/h30,32,34-35,38-44,49H,3-29,31,33H2,1-2H3,(H2,56,72)(H,57,61)(H,58,73)(H,59,76)(H,60,77)(H,62,74)(H,63,80)(H,64,78)(H,65,79)(H2,66,67,81)/t38-,39-,40-,41-,42+,43?,44+,49+/m0/s1. The SMILES string of the molecule is CC(C)C[C@@H]1NC(=O)[C@H](CCC(N)=O)NC(=O)CCc2cn(nn2)CCCC[C@@H](C(=O)NCCCOCCOCCOCCCNC(=O)CCCC[C@H]2SC[C@H]3NC(=O)N[C@H]32)NC(=O)C2CCCN2C(=O)CNC(=O)[C@H](Cc2c[nH]cn2)NC1=O. The molecule has 3 fully saturated rings. The highest BCUT2D eigenvalue weighted by molar-refractivity contribution is 8.00. The van der Waals surface area contributed by atoms with Crippen LogP contribution in [0.5, 0.6) is 0 Å². The molecule has 30 heteroatoms. The summed E-state index contributed by atoms with van der Waals surface area (Å²) in [6, 6.07) is -5.30. The number of primary amides is 1. The van der Waals surface area contributed by atoms with E-state index in [1.807, 2.05) is 25.6 Å². The largest absolute Gasteiger partial charge is 0.379 e. The number of urea groups is 1. The fourth-order valence-corrected chi connectivity index (χ4v) is 11.9. The number of aromatic amines is 1. The molecule has 2 aromatic heterocycles. The highest BCUT2D eigenvalue weighted by atomic mass is 32.2. The molecule has 8 atom stereocenters. The Morgan fingerprint density at radius 2 is 1.47 bits per heavy atom. The summed E-state index contributed by atoms with van der Waals surface area (Å²) < 4.78 is 18.6. The van der Waals surface area contributed by atoms with Crippen LogP contribution in [0.3, 0.4) is 0 Å². The Kier molecular flexibility index (Phi) is 28.6. The van der Waals surface area contributed by atoms with Gasteiger partial charge in [0, 0.05) is 94.9 Å². The summed E-state index contributed by atoms with van der Waals surface area (Å²) in [6.45, 7) is 6.84. The van der Waals surface area contributed by atoms with Gasteiger partial charge in [-0.05, 0) is 76.5 Å². The molecule has 2 aromatic rings. The number of rotatable bonds is 27. The van der Waals surface area contributed by atoms with E-state index >= 15 is 0 Å². The normalized spacial score (nSPS) is 24.0. The number of hydrogen-bond donors (Lipinski definition) is 11. The van der Waals surface area contributed by atoms with Crippen LogP contribution in [0.25, 0.3) is 0 Å². The average molecular weight is 1210 g/mol. The Morgan fingerprint density at radius 1 is 0.741 bits per heavy atom. The molecule has 4 aliphatic heterocycles. The van der Waals surface area contributed by atoms with Crippen molar-refractivity contribution in [3.05, 3.63) is 30.1 Å². The number of aryl methyl sites for hydroxylation is 2. The predicted octanol–water partition coefficient (Wildman–Crippen LogP) is -1.49. The Hall–Kier alpha value is -6.92. The number of nitrogens with two attached hydrogens (primary N) is 1. The van der Waals surface area contributed by atoms with E-state index in [0.29, 0.717) is 114 Å². The molecule has 0 aliphatic carbocycles. The zero-order valence-electron chi connectivity index (χ0n) is 49.0. The Morgan fingerprint density at radius 3 is 2.20 bits per heavy atom. The molecule has 2 bridgehead atoms. The van der Waals surface area contributed by atoms with Crippen LogP contribution < -0.4 is 53.6 Å². The predicted molar refractivity (Wildman–Crippen MR) is 310 cm³/mol. The van der Waals surface area contributed by atoms with Gasteiger partial charge in [0.05, 0.1) is 62.8 Å². The second-order valence-electron chi connectivity index (χ2n) is 22.2. The Labute approximate surface area is 499 Å². The van der Waals surface area contributed by atoms with Crippen molar-refractivity contribution in [3.8, 4) is 0 Å². The van der Waals surface area contributed by atoms with E-state index in [9.17, 15) is 47.9 Å². The molecule has 0 saturated carbocycles. The zero-order valence-corrected chi connectivity index (χ0v) is 49.8. The second-order valence-corrected chi connectivity index (χ2v) is 23.5. The topological polar surface area (TPSA) is 395 Å². The molecule has 0 aromatic carbocycles. The lowest BCUT2D eigenvalue weighted by Gasteiger charge is -2.27. The number of aromatic nitrogens is 5. The molecular formula is C55H88N16O13S. The third-order valence-corrected chi connectivity index (χ3v) is 16.4. The van der Waals surface area contributed by atoms with Crippen LogP contribution in [0.4, 0.5) is 4.79 Å². The molecule has 4 aliphatic rings. The molecule has 0 radical (unpaired) electrons. The van der Waals surface area contributed by atoms with Gasteiger partial charge in [-0.1, -0.05) is 25.5 Å². The van der Waals surface area contributed by atoms with Crippen molar-refractivity contribution in [2.45, 2.75) is 177 Å². The summed E-state index contributed by atoms with van der Waals surface area (Å²) in [5.74, 6) is -4.10. The van der Waals surface area contributed by atoms with Crippen LogP contribution in [-0.2, 0) is 76.7 Å². The average Bonchev–Trinajstić information content (AvgIpc) is 3.78. The molecule has 29 nitrogen and oxygen atoms in total. The number of nitrogens with zero attached hydrogens (tertiary/aromatic N) is 5. The summed E-state index contributed by atoms with van der Waals surface area (Å²) in [5, 5.41) is 34.1. The third kappa shape index (κ3) is 23.8. The van der Waals surface area contributed by atoms with Gasteiger partial charge in [0.1, 0.15) is 30.2 Å². The molecule has 11 amide bonds. The lowest BCUT2D eigenvalue weighted by molar-refractivity contribution is -0.140. The van der Waals surface area contributed by atoms with Crippen molar-refractivity contribution < 1.29 is 62.2 Å². The Balaban J connectivity index is 0.948. The number of ether oxygens (including phenoxy) is 3. The number of imidazole rings is 1. The van der Waals surface area contributed by atoms with Crippen molar-refractivity contribution in [3.63, 3.8) is 0 Å². The summed E-state index contributed by atoms with van der Waals surface area (Å²) in [7, 11) is 0. The number of amides is 11. The van der Waals surface area contributed by atoms with Crippen LogP contribution >= 0.6 is 11.8 Å². The molecule has 85 heavy (non-hydrogen) atoms. The fourth-order valence-electron chi connectivity index (χ4n) is 10.4. The maximum absolute atomic E-state index is 14.0. The summed E-state index contributed by atoms with van der Waals surface area (Å²) in [5.41, 5.74) is 6.33. The van der Waals surface area contributed by atoms with Crippen LogP contribution in [0.2, 0.25) is 0 Å². The molecule has 3 saturated heterocycles. The maximum atomic E-state index is 14.0. The quantitative estimate of drug-likeness (QED) is 0.0358. The van der Waals surface area contributed by atoms with Gasteiger partial charge >= 0.3 is 6.03 Å². The number of hydrogen-bond acceptors (Lipinski definition) is 17. The first-order valence-corrected chi connectivity index (χ1v) is 31.0. The van der Waals surface area contributed by atoms with E-state index < -0.39 is 84.0 Å². The van der Waals surface area contributed by atoms with Crippen molar-refractivity contribution in [2.24, 2.45) is 11.7 Å². The minimum atomic E-state index is -1.28. The lowest BCUT2D eigenvalue weighted by atomic mass is 10.0. The highest BCUT2D eigenvalue weighted by Gasteiger charge is 2.43. The number of thioether (sulfide) groups is 1. The third-order valence-electron chi connectivity index (χ3n) is 14.9. The first kappa shape index (κ1) is 67.2. The summed E-state index contributed by atoms with van der Waals surface area (Å²) in [4.78, 5) is 141. The summed E-state index contributed by atoms with van der Waals surface area (Å²) in [6.07, 6.45) is 10.8. The van der Waals surface area contributed by atoms with Gasteiger partial charge in [0.2, 0.25) is 53.2 Å². The van der Waals surface area contributed by atoms with Crippen molar-refractivity contribution in [1.82, 2.24) is 77.7 Å². The molecule has 1 unspecified atom stereocenters. The van der Waals surface area contributed by atoms with E-state index in [0.717, 1.165) is 25.0 Å². The monoisotopic (exact) mass is 1210 g/mol. The molecule has 12 N–H and O–H groups in total. The summed E-state index contributed by atoms with van der Waals surface area (Å²) >= 11 is 1.88. The van der Waals surface area contributed by atoms with E-state index in [2.05, 4.69) is 68.1 Å². The minimum Gasteiger partial charge on any atom is -0.379 e. The molecule has 6 rings (SSSR count). The van der Waals surface area contributed by atoms with Crippen LogP contribution in [0.1, 0.15) is 122 Å². The number of fused-ring (bicyclic) bond motifs is 4. The first-order valence-electron chi connectivity index (χ1n) is 29.9. The fraction of sp³-hybridized carbons (Fsp3) is 0.727. The first-order chi connectivity index (χ1) is 41.0. The number of unbranched alkanes of at least 4 members (excludes halogenated alkanes) is 1. The number of H-pyrrole nitrogens is 1. The number of nitrogens with one attached hydrogen (secondary N) is 10. The zero-order chi connectivity index (χ0) is 60.9. The van der Waals surface area contributed by atoms with Gasteiger partial charge in [0.15, 0.2) is 0 Å². The van der Waals surface area contributed by atoms with Crippen LogP contribution in [0, 0.1) is 5.92 Å². The van der Waals surface area contributed by atoms with Crippen molar-refractivity contribution in [2.75, 3.05) is 71.6 Å². The number of carbonyl (C=O) groups is 10. The van der Waals surface area contributed by atoms with Gasteiger partial charge in [-0.3, -0.25) is 47.8 Å². The van der Waals surface area contributed by atoms with Gasteiger partial charge in [-0.15, -0.1) is 5.10 Å². The van der Waals surface area contributed by atoms with Crippen molar-refractivity contribution >= 4 is 71.0 Å². The smallest absolute Gasteiger partial charge is 0.315 e. The molecule has 6 heterocycles. The molecule has 472 valence electrons. The van der Waals surface area contributed by atoms with E-state index in [-0.39, 0.29) is 88.0 Å². The van der Waals surface area contributed by atoms with Crippen molar-refractivity contribution in [1.29, 1.82) is 0 Å². The van der Waals surface area contributed by atoms with Gasteiger partial charge in [-0.25, -0.2) is 9.78 Å².